The normalized spacial score (nSPS) is 15.7. The number of fused-ring (bicyclic) bond motifs is 1. The molecule has 2 aromatic heterocycles. The summed E-state index contributed by atoms with van der Waals surface area (Å²) in [7, 11) is 2.16. The molecule has 4 aromatic rings. The molecular weight excluding hydrogens is 409 g/mol. The fourth-order valence-corrected chi connectivity index (χ4v) is 4.44. The van der Waals surface area contributed by atoms with Crippen LogP contribution in [0.15, 0.2) is 68.4 Å². The molecule has 3 heterocycles. The summed E-state index contributed by atoms with van der Waals surface area (Å²) in [5.74, 6) is 0.196. The van der Waals surface area contributed by atoms with Crippen LogP contribution < -0.4 is 5.76 Å². The van der Waals surface area contributed by atoms with Crippen molar-refractivity contribution in [3.63, 3.8) is 0 Å². The number of likely N-dealkylation sites (tertiary alicyclic amines) is 1. The van der Waals surface area contributed by atoms with Gasteiger partial charge in [-0.25, -0.2) is 9.18 Å². The predicted molar refractivity (Wildman–Crippen MR) is 121 cm³/mol. The molecule has 0 unspecified atom stereocenters. The molecule has 0 aliphatic carbocycles. The Bertz CT molecular complexity index is 1250. The maximum Gasteiger partial charge on any atom is 0.417 e. The molecule has 7 heteroatoms. The van der Waals surface area contributed by atoms with E-state index in [2.05, 4.69) is 21.8 Å². The molecule has 166 valence electrons. The van der Waals surface area contributed by atoms with Gasteiger partial charge in [-0.1, -0.05) is 18.2 Å². The third-order valence-electron chi connectivity index (χ3n) is 6.27. The van der Waals surface area contributed by atoms with Crippen molar-refractivity contribution in [2.75, 3.05) is 20.1 Å². The highest BCUT2D eigenvalue weighted by Crippen LogP contribution is 2.27. The van der Waals surface area contributed by atoms with Crippen LogP contribution in [0.1, 0.15) is 24.2 Å². The van der Waals surface area contributed by atoms with Crippen molar-refractivity contribution >= 4 is 11.1 Å². The first-order chi connectivity index (χ1) is 15.5. The fourth-order valence-electron chi connectivity index (χ4n) is 4.44. The van der Waals surface area contributed by atoms with E-state index < -0.39 is 5.76 Å². The van der Waals surface area contributed by atoms with Gasteiger partial charge in [-0.15, -0.1) is 0 Å². The van der Waals surface area contributed by atoms with E-state index in [1.54, 1.807) is 6.26 Å². The quantitative estimate of drug-likeness (QED) is 0.479. The molecule has 1 fully saturated rings. The highest BCUT2D eigenvalue weighted by atomic mass is 19.1. The van der Waals surface area contributed by atoms with Gasteiger partial charge in [-0.2, -0.15) is 0 Å². The molecule has 0 radical (unpaired) electrons. The molecule has 1 aliphatic rings. The molecule has 5 rings (SSSR count). The van der Waals surface area contributed by atoms with E-state index in [0.29, 0.717) is 23.7 Å². The lowest BCUT2D eigenvalue weighted by molar-refractivity contribution is 0.101. The SMILES string of the molecule is CN1CCC(N(Cc2ccc(F)cc2)Cc2cc(-c3ccc4[nH]c(=O)oc4c3)co2)CC1. The molecule has 6 nitrogen and oxygen atoms in total. The van der Waals surface area contributed by atoms with Crippen LogP contribution in [0.25, 0.3) is 22.2 Å². The van der Waals surface area contributed by atoms with Gasteiger partial charge in [-0.3, -0.25) is 9.88 Å². The lowest BCUT2D eigenvalue weighted by Crippen LogP contribution is -2.43. The van der Waals surface area contributed by atoms with Crippen molar-refractivity contribution in [2.24, 2.45) is 0 Å². The van der Waals surface area contributed by atoms with Crippen molar-refractivity contribution in [3.8, 4) is 11.1 Å². The van der Waals surface area contributed by atoms with E-state index in [0.717, 1.165) is 54.9 Å². The number of hydrogen-bond acceptors (Lipinski definition) is 5. The number of nitrogens with zero attached hydrogens (tertiary/aromatic N) is 2. The van der Waals surface area contributed by atoms with Crippen LogP contribution in [-0.4, -0.2) is 41.0 Å². The average Bonchev–Trinajstić information content (AvgIpc) is 3.40. The number of hydrogen-bond donors (Lipinski definition) is 1. The zero-order valence-electron chi connectivity index (χ0n) is 18.0. The van der Waals surface area contributed by atoms with Gasteiger partial charge < -0.3 is 13.7 Å². The van der Waals surface area contributed by atoms with E-state index >= 15 is 0 Å². The van der Waals surface area contributed by atoms with Crippen molar-refractivity contribution < 1.29 is 13.2 Å². The summed E-state index contributed by atoms with van der Waals surface area (Å²) >= 11 is 0. The van der Waals surface area contributed by atoms with Crippen LogP contribution in [0.4, 0.5) is 4.39 Å². The minimum Gasteiger partial charge on any atom is -0.467 e. The molecule has 0 spiro atoms. The second-order valence-electron chi connectivity index (χ2n) is 8.59. The lowest BCUT2D eigenvalue weighted by atomic mass is 10.0. The molecule has 0 amide bonds. The number of piperidine rings is 1. The van der Waals surface area contributed by atoms with E-state index in [1.165, 1.54) is 12.1 Å². The number of benzene rings is 2. The monoisotopic (exact) mass is 435 g/mol. The number of aromatic amines is 1. The van der Waals surface area contributed by atoms with E-state index in [4.69, 9.17) is 8.83 Å². The minimum absolute atomic E-state index is 0.217. The summed E-state index contributed by atoms with van der Waals surface area (Å²) in [6.45, 7) is 3.55. The molecule has 32 heavy (non-hydrogen) atoms. The standard InChI is InChI=1S/C25H26FN3O3/c1-28-10-8-21(9-11-28)29(14-17-2-5-20(26)6-3-17)15-22-12-19(16-31-22)18-4-7-23-24(13-18)32-25(30)27-23/h2-7,12-13,16,21H,8-11,14-15H2,1H3,(H,27,30). The average molecular weight is 435 g/mol. The molecule has 2 aromatic carbocycles. The zero-order valence-corrected chi connectivity index (χ0v) is 18.0. The largest absolute Gasteiger partial charge is 0.467 e. The maximum absolute atomic E-state index is 13.4. The van der Waals surface area contributed by atoms with Gasteiger partial charge in [0.1, 0.15) is 11.6 Å². The van der Waals surface area contributed by atoms with Crippen LogP contribution in [0.2, 0.25) is 0 Å². The first kappa shape index (κ1) is 20.7. The number of H-pyrrole nitrogens is 1. The Balaban J connectivity index is 1.37. The summed E-state index contributed by atoms with van der Waals surface area (Å²) in [6, 6.07) is 14.8. The predicted octanol–water partition coefficient (Wildman–Crippen LogP) is 4.62. The molecule has 0 saturated carbocycles. The Labute approximate surface area is 185 Å². The van der Waals surface area contributed by atoms with E-state index in [9.17, 15) is 9.18 Å². The molecule has 1 saturated heterocycles. The number of furan rings is 1. The fraction of sp³-hybridized carbons (Fsp3) is 0.320. The number of aromatic nitrogens is 1. The van der Waals surface area contributed by atoms with Crippen LogP contribution in [0, 0.1) is 5.82 Å². The number of rotatable bonds is 6. The first-order valence-corrected chi connectivity index (χ1v) is 10.9. The topological polar surface area (TPSA) is 65.6 Å². The lowest BCUT2D eigenvalue weighted by Gasteiger charge is -2.37. The molecular formula is C25H26FN3O3. The Kier molecular flexibility index (Phi) is 5.68. The Morgan fingerprint density at radius 2 is 1.84 bits per heavy atom. The van der Waals surface area contributed by atoms with Gasteiger partial charge in [-0.05, 0) is 74.4 Å². The van der Waals surface area contributed by atoms with Crippen LogP contribution in [0.3, 0.4) is 0 Å². The summed E-state index contributed by atoms with van der Waals surface area (Å²) in [4.78, 5) is 18.9. The smallest absolute Gasteiger partial charge is 0.417 e. The maximum atomic E-state index is 13.4. The summed E-state index contributed by atoms with van der Waals surface area (Å²) < 4.78 is 24.5. The number of oxazole rings is 1. The van der Waals surface area contributed by atoms with Crippen molar-refractivity contribution in [3.05, 3.63) is 82.5 Å². The van der Waals surface area contributed by atoms with Gasteiger partial charge in [0.05, 0.1) is 18.3 Å². The molecule has 0 bridgehead atoms. The molecule has 1 N–H and O–H groups in total. The van der Waals surface area contributed by atoms with Crippen molar-refractivity contribution in [2.45, 2.75) is 32.0 Å². The van der Waals surface area contributed by atoms with Gasteiger partial charge in [0.25, 0.3) is 0 Å². The van der Waals surface area contributed by atoms with Gasteiger partial charge in [0.15, 0.2) is 5.58 Å². The third kappa shape index (κ3) is 4.54. The Morgan fingerprint density at radius 1 is 1.06 bits per heavy atom. The summed E-state index contributed by atoms with van der Waals surface area (Å²) in [6.07, 6.45) is 3.93. The first-order valence-electron chi connectivity index (χ1n) is 10.9. The minimum atomic E-state index is -0.459. The number of nitrogens with one attached hydrogen (secondary N) is 1. The van der Waals surface area contributed by atoms with Crippen molar-refractivity contribution in [1.82, 2.24) is 14.8 Å². The Hall–Kier alpha value is -3.16. The summed E-state index contributed by atoms with van der Waals surface area (Å²) in [5, 5.41) is 0. The van der Waals surface area contributed by atoms with E-state index in [1.807, 2.05) is 36.4 Å². The number of halogens is 1. The van der Waals surface area contributed by atoms with Gasteiger partial charge >= 0.3 is 5.76 Å². The van der Waals surface area contributed by atoms with Crippen LogP contribution in [0.5, 0.6) is 0 Å². The Morgan fingerprint density at radius 3 is 2.62 bits per heavy atom. The third-order valence-corrected chi connectivity index (χ3v) is 6.27. The summed E-state index contributed by atoms with van der Waals surface area (Å²) in [5.41, 5.74) is 4.16. The van der Waals surface area contributed by atoms with Crippen LogP contribution >= 0.6 is 0 Å². The highest BCUT2D eigenvalue weighted by Gasteiger charge is 2.24. The molecule has 0 atom stereocenters. The second-order valence-corrected chi connectivity index (χ2v) is 8.59. The highest BCUT2D eigenvalue weighted by molar-refractivity contribution is 5.79. The van der Waals surface area contributed by atoms with E-state index in [-0.39, 0.29) is 5.82 Å². The molecule has 1 aliphatic heterocycles. The van der Waals surface area contributed by atoms with Crippen molar-refractivity contribution in [1.29, 1.82) is 0 Å². The van der Waals surface area contributed by atoms with Crippen LogP contribution in [-0.2, 0) is 13.1 Å². The van der Waals surface area contributed by atoms with Gasteiger partial charge in [0.2, 0.25) is 0 Å². The second kappa shape index (κ2) is 8.76. The van der Waals surface area contributed by atoms with Gasteiger partial charge in [0, 0.05) is 18.2 Å². The zero-order chi connectivity index (χ0) is 22.1.